The minimum absolute atomic E-state index is 0.367. The predicted molar refractivity (Wildman–Crippen MR) is 98.7 cm³/mol. The quantitative estimate of drug-likeness (QED) is 0.716. The van der Waals surface area contributed by atoms with Crippen molar-refractivity contribution in [1.29, 1.82) is 0 Å². The summed E-state index contributed by atoms with van der Waals surface area (Å²) in [5, 5.41) is 13.8. The summed E-state index contributed by atoms with van der Waals surface area (Å²) in [6.45, 7) is 0.990. The summed E-state index contributed by atoms with van der Waals surface area (Å²) in [6.07, 6.45) is 9.59. The summed E-state index contributed by atoms with van der Waals surface area (Å²) in [6, 6.07) is 4.86. The molecule has 1 atom stereocenters. The van der Waals surface area contributed by atoms with E-state index in [-0.39, 0.29) is 0 Å². The van der Waals surface area contributed by atoms with Gasteiger partial charge in [0.05, 0.1) is 7.11 Å². The summed E-state index contributed by atoms with van der Waals surface area (Å²) in [4.78, 5) is 0. The van der Waals surface area contributed by atoms with Crippen molar-refractivity contribution in [3.63, 3.8) is 0 Å². The van der Waals surface area contributed by atoms with Crippen LogP contribution in [0, 0.1) is 0 Å². The molecule has 138 valence electrons. The molecule has 0 aliphatic heterocycles. The van der Waals surface area contributed by atoms with Crippen LogP contribution in [0.5, 0.6) is 11.5 Å². The lowest BCUT2D eigenvalue weighted by molar-refractivity contribution is 0.102. The number of aliphatic hydroxyl groups is 1. The Morgan fingerprint density at radius 1 is 1.04 bits per heavy atom. The van der Waals surface area contributed by atoms with Crippen molar-refractivity contribution >= 4 is 0 Å². The van der Waals surface area contributed by atoms with Crippen molar-refractivity contribution in [2.45, 2.75) is 75.3 Å². The summed E-state index contributed by atoms with van der Waals surface area (Å²) in [5.74, 6) is 3.19. The zero-order valence-corrected chi connectivity index (χ0v) is 15.3. The van der Waals surface area contributed by atoms with Crippen LogP contribution in [-0.4, -0.2) is 37.5 Å². The van der Waals surface area contributed by atoms with Crippen LogP contribution < -0.4 is 14.8 Å². The maximum atomic E-state index is 10.3. The predicted octanol–water partition coefficient (Wildman–Crippen LogP) is 3.72. The van der Waals surface area contributed by atoms with Gasteiger partial charge in [0.15, 0.2) is 0 Å². The van der Waals surface area contributed by atoms with E-state index in [1.807, 2.05) is 0 Å². The molecule has 3 saturated carbocycles. The summed E-state index contributed by atoms with van der Waals surface area (Å²) in [5.41, 5.74) is 2.58. The SMILES string of the molecule is COc1cc(C2CC2)c(OCC(O)CNC2CCCC2)c(C2CC2)c1. The van der Waals surface area contributed by atoms with E-state index >= 15 is 0 Å². The van der Waals surface area contributed by atoms with Gasteiger partial charge in [-0.25, -0.2) is 0 Å². The second-order valence-electron chi connectivity index (χ2n) is 8.04. The molecule has 0 radical (unpaired) electrons. The highest BCUT2D eigenvalue weighted by molar-refractivity contribution is 5.52. The lowest BCUT2D eigenvalue weighted by Gasteiger charge is -2.20. The average molecular weight is 345 g/mol. The second-order valence-corrected chi connectivity index (χ2v) is 8.04. The smallest absolute Gasteiger partial charge is 0.126 e. The van der Waals surface area contributed by atoms with Gasteiger partial charge in [-0.3, -0.25) is 0 Å². The molecule has 0 amide bonds. The normalized spacial score (nSPS) is 22.2. The molecule has 0 bridgehead atoms. The lowest BCUT2D eigenvalue weighted by atomic mass is 10.0. The molecule has 0 heterocycles. The molecule has 0 spiro atoms. The van der Waals surface area contributed by atoms with Crippen LogP contribution in [0.3, 0.4) is 0 Å². The number of hydrogen-bond donors (Lipinski definition) is 2. The molecular formula is C21H31NO3. The molecule has 4 heteroatoms. The molecule has 25 heavy (non-hydrogen) atoms. The Bertz CT molecular complexity index is 556. The minimum atomic E-state index is -0.457. The third-order valence-electron chi connectivity index (χ3n) is 5.81. The van der Waals surface area contributed by atoms with E-state index in [2.05, 4.69) is 17.4 Å². The first kappa shape index (κ1) is 17.2. The second kappa shape index (κ2) is 7.55. The van der Waals surface area contributed by atoms with E-state index in [9.17, 15) is 5.11 Å². The van der Waals surface area contributed by atoms with Gasteiger partial charge in [0.2, 0.25) is 0 Å². The third kappa shape index (κ3) is 4.29. The van der Waals surface area contributed by atoms with Crippen molar-refractivity contribution in [2.24, 2.45) is 0 Å². The van der Waals surface area contributed by atoms with Crippen molar-refractivity contribution in [3.05, 3.63) is 23.3 Å². The number of benzene rings is 1. The Morgan fingerprint density at radius 2 is 1.64 bits per heavy atom. The van der Waals surface area contributed by atoms with Crippen LogP contribution in [0.4, 0.5) is 0 Å². The number of methoxy groups -OCH3 is 1. The molecule has 3 aliphatic carbocycles. The van der Waals surface area contributed by atoms with Gasteiger partial charge in [0.25, 0.3) is 0 Å². The number of rotatable bonds is 9. The third-order valence-corrected chi connectivity index (χ3v) is 5.81. The summed E-state index contributed by atoms with van der Waals surface area (Å²) in [7, 11) is 1.74. The molecule has 1 aromatic rings. The highest BCUT2D eigenvalue weighted by Crippen LogP contribution is 2.52. The molecule has 0 aromatic heterocycles. The number of nitrogens with one attached hydrogen (secondary N) is 1. The zero-order valence-electron chi connectivity index (χ0n) is 15.3. The summed E-state index contributed by atoms with van der Waals surface area (Å²) >= 11 is 0. The molecule has 2 N–H and O–H groups in total. The van der Waals surface area contributed by atoms with Gasteiger partial charge >= 0.3 is 0 Å². The zero-order chi connectivity index (χ0) is 17.2. The first-order valence-electron chi connectivity index (χ1n) is 10.0. The van der Waals surface area contributed by atoms with Crippen molar-refractivity contribution in [2.75, 3.05) is 20.3 Å². The van der Waals surface area contributed by atoms with Crippen LogP contribution in [-0.2, 0) is 0 Å². The summed E-state index contributed by atoms with van der Waals surface area (Å²) < 4.78 is 11.7. The van der Waals surface area contributed by atoms with E-state index < -0.39 is 6.10 Å². The Kier molecular flexibility index (Phi) is 5.18. The monoisotopic (exact) mass is 345 g/mol. The molecule has 1 aromatic carbocycles. The Balaban J connectivity index is 1.41. The van der Waals surface area contributed by atoms with Gasteiger partial charge in [-0.2, -0.15) is 0 Å². The van der Waals surface area contributed by atoms with Crippen LogP contribution in [0.2, 0.25) is 0 Å². The fourth-order valence-corrected chi connectivity index (χ4v) is 4.00. The molecule has 0 saturated heterocycles. The van der Waals surface area contributed by atoms with Gasteiger partial charge in [-0.15, -0.1) is 0 Å². The molecule has 4 rings (SSSR count). The van der Waals surface area contributed by atoms with E-state index in [1.165, 1.54) is 62.5 Å². The van der Waals surface area contributed by atoms with Gasteiger partial charge in [-0.05, 0) is 62.5 Å². The molecule has 3 aliphatic rings. The number of hydrogen-bond acceptors (Lipinski definition) is 4. The fraction of sp³-hybridized carbons (Fsp3) is 0.714. The lowest BCUT2D eigenvalue weighted by Crippen LogP contribution is -2.36. The van der Waals surface area contributed by atoms with Crippen LogP contribution in [0.15, 0.2) is 12.1 Å². The van der Waals surface area contributed by atoms with Crippen LogP contribution in [0.1, 0.15) is 74.3 Å². The molecule has 1 unspecified atom stereocenters. The first-order chi connectivity index (χ1) is 12.2. The van der Waals surface area contributed by atoms with Crippen molar-refractivity contribution in [1.82, 2.24) is 5.32 Å². The van der Waals surface area contributed by atoms with E-state index in [1.54, 1.807) is 7.11 Å². The van der Waals surface area contributed by atoms with Gasteiger partial charge < -0.3 is 19.9 Å². The van der Waals surface area contributed by atoms with Gasteiger partial charge in [-0.1, -0.05) is 12.8 Å². The van der Waals surface area contributed by atoms with E-state index in [0.29, 0.717) is 31.0 Å². The highest BCUT2D eigenvalue weighted by atomic mass is 16.5. The Hall–Kier alpha value is -1.26. The van der Waals surface area contributed by atoms with E-state index in [4.69, 9.17) is 9.47 Å². The van der Waals surface area contributed by atoms with Crippen molar-refractivity contribution < 1.29 is 14.6 Å². The molecule has 3 fully saturated rings. The van der Waals surface area contributed by atoms with E-state index in [0.717, 1.165) is 11.5 Å². The number of aliphatic hydroxyl groups excluding tert-OH is 1. The van der Waals surface area contributed by atoms with Gasteiger partial charge in [0, 0.05) is 23.7 Å². The largest absolute Gasteiger partial charge is 0.497 e. The van der Waals surface area contributed by atoms with Crippen LogP contribution >= 0.6 is 0 Å². The minimum Gasteiger partial charge on any atom is -0.497 e. The number of ether oxygens (including phenoxy) is 2. The van der Waals surface area contributed by atoms with Crippen LogP contribution in [0.25, 0.3) is 0 Å². The first-order valence-corrected chi connectivity index (χ1v) is 10.0. The average Bonchev–Trinajstić information content (AvgIpc) is 3.56. The fourth-order valence-electron chi connectivity index (χ4n) is 4.00. The molecular weight excluding hydrogens is 314 g/mol. The Labute approximate surface area is 150 Å². The maximum absolute atomic E-state index is 10.3. The Morgan fingerprint density at radius 3 is 2.16 bits per heavy atom. The van der Waals surface area contributed by atoms with Crippen molar-refractivity contribution in [3.8, 4) is 11.5 Å². The standard InChI is InChI=1S/C21H31NO3/c1-24-18-10-19(14-6-7-14)21(20(11-18)15-8-9-15)25-13-17(23)12-22-16-4-2-3-5-16/h10-11,14-17,22-23H,2-9,12-13H2,1H3. The maximum Gasteiger partial charge on any atom is 0.126 e. The topological polar surface area (TPSA) is 50.7 Å². The highest BCUT2D eigenvalue weighted by Gasteiger charge is 2.34. The molecule has 4 nitrogen and oxygen atoms in total. The van der Waals surface area contributed by atoms with Gasteiger partial charge in [0.1, 0.15) is 24.2 Å².